The second-order valence-corrected chi connectivity index (χ2v) is 10.3. The van der Waals surface area contributed by atoms with E-state index in [9.17, 15) is 13.2 Å². The van der Waals surface area contributed by atoms with E-state index in [1.165, 1.54) is 0 Å². The molecule has 2 aromatic carbocycles. The molecule has 1 amide bonds. The van der Waals surface area contributed by atoms with Gasteiger partial charge >= 0.3 is 0 Å². The number of benzene rings is 2. The predicted molar refractivity (Wildman–Crippen MR) is 121 cm³/mol. The van der Waals surface area contributed by atoms with E-state index in [4.69, 9.17) is 27.9 Å². The Morgan fingerprint density at radius 1 is 1.16 bits per heavy atom. The molecule has 31 heavy (non-hydrogen) atoms. The number of nitrogens with zero attached hydrogens (tertiary/aromatic N) is 2. The van der Waals surface area contributed by atoms with Gasteiger partial charge in [-0.25, -0.2) is 13.1 Å². The van der Waals surface area contributed by atoms with Crippen LogP contribution in [0, 0.1) is 0 Å². The molecule has 2 heterocycles. The number of ether oxygens (including phenoxy) is 1. The quantitative estimate of drug-likeness (QED) is 0.570. The van der Waals surface area contributed by atoms with Crippen molar-refractivity contribution in [2.24, 2.45) is 0 Å². The van der Waals surface area contributed by atoms with Gasteiger partial charge in [0.1, 0.15) is 11.6 Å². The van der Waals surface area contributed by atoms with Crippen LogP contribution in [0.4, 0.5) is 5.82 Å². The lowest BCUT2D eigenvalue weighted by Crippen LogP contribution is -2.23. The van der Waals surface area contributed by atoms with Crippen molar-refractivity contribution in [1.29, 1.82) is 0 Å². The van der Waals surface area contributed by atoms with Gasteiger partial charge in [-0.1, -0.05) is 47.5 Å². The van der Waals surface area contributed by atoms with Crippen LogP contribution in [0.2, 0.25) is 10.0 Å². The van der Waals surface area contributed by atoms with Crippen LogP contribution in [0.1, 0.15) is 12.5 Å². The standard InChI is InChI=1S/C21H19Cl2N3O4S/c22-15-7-5-14(6-8-15)18-11-20(26(25-18)16-9-10-31(28,29)13-16)24-21(27)12-30-19-4-2-1-3-17(19)23/h1-8,11,16H,9-10,12-13H2,(H,24,27). The lowest BCUT2D eigenvalue weighted by molar-refractivity contribution is -0.118. The summed E-state index contributed by atoms with van der Waals surface area (Å²) in [6, 6.07) is 15.3. The molecule has 3 aromatic rings. The van der Waals surface area contributed by atoms with Crippen LogP contribution in [0.5, 0.6) is 5.75 Å². The normalized spacial score (nSPS) is 17.4. The van der Waals surface area contributed by atoms with Crippen LogP contribution < -0.4 is 10.1 Å². The Kier molecular flexibility index (Phi) is 6.22. The fourth-order valence-corrected chi connectivity index (χ4v) is 5.39. The highest BCUT2D eigenvalue weighted by molar-refractivity contribution is 7.91. The van der Waals surface area contributed by atoms with Gasteiger partial charge in [0, 0.05) is 16.7 Å². The average molecular weight is 480 g/mol. The topological polar surface area (TPSA) is 90.3 Å². The molecule has 162 valence electrons. The number of halogens is 2. The molecule has 4 rings (SSSR count). The Hall–Kier alpha value is -2.55. The summed E-state index contributed by atoms with van der Waals surface area (Å²) in [6.07, 6.45) is 0.434. The van der Waals surface area contributed by atoms with Gasteiger partial charge in [0.25, 0.3) is 5.91 Å². The number of anilines is 1. The largest absolute Gasteiger partial charge is 0.482 e. The minimum Gasteiger partial charge on any atom is -0.482 e. The Morgan fingerprint density at radius 2 is 1.90 bits per heavy atom. The molecular formula is C21H19Cl2N3O4S. The van der Waals surface area contributed by atoms with Gasteiger partial charge in [0.05, 0.1) is 28.3 Å². The van der Waals surface area contributed by atoms with Crippen molar-refractivity contribution in [2.45, 2.75) is 12.5 Å². The second kappa shape index (κ2) is 8.90. The van der Waals surface area contributed by atoms with E-state index in [2.05, 4.69) is 10.4 Å². The molecule has 1 fully saturated rings. The molecule has 0 saturated carbocycles. The number of hydrogen-bond donors (Lipinski definition) is 1. The summed E-state index contributed by atoms with van der Waals surface area (Å²) in [4.78, 5) is 12.5. The first-order valence-corrected chi connectivity index (χ1v) is 12.1. The van der Waals surface area contributed by atoms with Gasteiger partial charge in [0.2, 0.25) is 0 Å². The van der Waals surface area contributed by atoms with E-state index in [1.807, 2.05) is 12.1 Å². The van der Waals surface area contributed by atoms with Gasteiger partial charge in [-0.3, -0.25) is 4.79 Å². The molecule has 0 radical (unpaired) electrons. The predicted octanol–water partition coefficient (Wildman–Crippen LogP) is 4.23. The molecule has 1 aromatic heterocycles. The highest BCUT2D eigenvalue weighted by Gasteiger charge is 2.31. The fraction of sp³-hybridized carbons (Fsp3) is 0.238. The number of carbonyl (C=O) groups is 1. The molecule has 0 bridgehead atoms. The first kappa shape index (κ1) is 21.7. The van der Waals surface area contributed by atoms with Crippen molar-refractivity contribution < 1.29 is 17.9 Å². The summed E-state index contributed by atoms with van der Waals surface area (Å²) >= 11 is 12.0. The highest BCUT2D eigenvalue weighted by Crippen LogP contribution is 2.31. The van der Waals surface area contributed by atoms with Crippen molar-refractivity contribution in [1.82, 2.24) is 9.78 Å². The number of para-hydroxylation sites is 1. The maximum absolute atomic E-state index is 12.5. The minimum absolute atomic E-state index is 0.0201. The maximum Gasteiger partial charge on any atom is 0.263 e. The molecule has 7 nitrogen and oxygen atoms in total. The zero-order chi connectivity index (χ0) is 22.0. The second-order valence-electron chi connectivity index (χ2n) is 7.19. The molecule has 0 spiro atoms. The molecule has 1 aliphatic heterocycles. The van der Waals surface area contributed by atoms with Gasteiger partial charge < -0.3 is 10.1 Å². The molecule has 1 atom stereocenters. The van der Waals surface area contributed by atoms with E-state index in [1.54, 1.807) is 47.1 Å². The highest BCUT2D eigenvalue weighted by atomic mass is 35.5. The minimum atomic E-state index is -3.13. The van der Waals surface area contributed by atoms with Gasteiger partial charge in [-0.15, -0.1) is 0 Å². The number of sulfone groups is 1. The lowest BCUT2D eigenvalue weighted by Gasteiger charge is -2.14. The van der Waals surface area contributed by atoms with E-state index in [0.29, 0.717) is 33.7 Å². The molecule has 1 saturated heterocycles. The van der Waals surface area contributed by atoms with Gasteiger partial charge in [-0.05, 0) is 30.7 Å². The lowest BCUT2D eigenvalue weighted by atomic mass is 10.1. The summed E-state index contributed by atoms with van der Waals surface area (Å²) in [6.45, 7) is -0.256. The van der Waals surface area contributed by atoms with E-state index in [-0.39, 0.29) is 24.2 Å². The van der Waals surface area contributed by atoms with E-state index in [0.717, 1.165) is 5.56 Å². The fourth-order valence-electron chi connectivity index (χ4n) is 3.38. The Bertz CT molecular complexity index is 1210. The molecule has 10 heteroatoms. The van der Waals surface area contributed by atoms with Crippen LogP contribution in [-0.4, -0.2) is 42.2 Å². The Balaban J connectivity index is 1.56. The average Bonchev–Trinajstić information content (AvgIpc) is 3.30. The first-order chi connectivity index (χ1) is 14.8. The summed E-state index contributed by atoms with van der Waals surface area (Å²) in [5.74, 6) is 0.464. The number of amides is 1. The van der Waals surface area contributed by atoms with E-state index >= 15 is 0 Å². The maximum atomic E-state index is 12.5. The number of rotatable bonds is 6. The number of carbonyl (C=O) groups excluding carboxylic acids is 1. The van der Waals surface area contributed by atoms with Crippen LogP contribution in [0.15, 0.2) is 54.6 Å². The van der Waals surface area contributed by atoms with Crippen molar-refractivity contribution >= 4 is 44.8 Å². The third-order valence-corrected chi connectivity index (χ3v) is 7.21. The van der Waals surface area contributed by atoms with Crippen molar-refractivity contribution in [3.8, 4) is 17.0 Å². The molecule has 0 aliphatic carbocycles. The SMILES string of the molecule is O=C(COc1ccccc1Cl)Nc1cc(-c2ccc(Cl)cc2)nn1C1CCS(=O)(=O)C1. The van der Waals surface area contributed by atoms with Crippen LogP contribution in [0.25, 0.3) is 11.3 Å². The van der Waals surface area contributed by atoms with Crippen LogP contribution in [0.3, 0.4) is 0 Å². The number of nitrogens with one attached hydrogen (secondary N) is 1. The molecular weight excluding hydrogens is 461 g/mol. The number of hydrogen-bond acceptors (Lipinski definition) is 5. The first-order valence-electron chi connectivity index (χ1n) is 9.54. The van der Waals surface area contributed by atoms with Crippen LogP contribution >= 0.6 is 23.2 Å². The third-order valence-electron chi connectivity index (χ3n) is 4.89. The summed E-state index contributed by atoms with van der Waals surface area (Å²) in [5.41, 5.74) is 1.40. The molecule has 1 N–H and O–H groups in total. The van der Waals surface area contributed by atoms with Crippen LogP contribution in [-0.2, 0) is 14.6 Å². The number of aromatic nitrogens is 2. The van der Waals surface area contributed by atoms with Gasteiger partial charge in [0.15, 0.2) is 16.4 Å². The molecule has 1 unspecified atom stereocenters. The van der Waals surface area contributed by atoms with Gasteiger partial charge in [-0.2, -0.15) is 5.10 Å². The van der Waals surface area contributed by atoms with Crippen molar-refractivity contribution in [3.05, 3.63) is 64.6 Å². The Labute approximate surface area is 189 Å². The zero-order valence-electron chi connectivity index (χ0n) is 16.3. The van der Waals surface area contributed by atoms with E-state index < -0.39 is 15.7 Å². The summed E-state index contributed by atoms with van der Waals surface area (Å²) < 4.78 is 31.0. The summed E-state index contributed by atoms with van der Waals surface area (Å²) in [7, 11) is -3.13. The van der Waals surface area contributed by atoms with Crippen molar-refractivity contribution in [2.75, 3.05) is 23.4 Å². The smallest absolute Gasteiger partial charge is 0.263 e. The monoisotopic (exact) mass is 479 g/mol. The zero-order valence-corrected chi connectivity index (χ0v) is 18.6. The van der Waals surface area contributed by atoms with Crippen molar-refractivity contribution in [3.63, 3.8) is 0 Å². The Morgan fingerprint density at radius 3 is 2.58 bits per heavy atom. The molecule has 1 aliphatic rings. The summed E-state index contributed by atoms with van der Waals surface area (Å²) in [5, 5.41) is 8.35. The third kappa shape index (κ3) is 5.20.